The Morgan fingerprint density at radius 3 is 2.75 bits per heavy atom. The van der Waals surface area contributed by atoms with E-state index in [0.29, 0.717) is 10.4 Å². The highest BCUT2D eigenvalue weighted by molar-refractivity contribution is 9.10. The third kappa shape index (κ3) is 1.38. The summed E-state index contributed by atoms with van der Waals surface area (Å²) in [5.41, 5.74) is 1.85. The van der Waals surface area contributed by atoms with Crippen molar-refractivity contribution in [1.82, 2.24) is 4.98 Å². The highest BCUT2D eigenvalue weighted by Crippen LogP contribution is 2.40. The van der Waals surface area contributed by atoms with Crippen LogP contribution in [0.25, 0.3) is 0 Å². The lowest BCUT2D eigenvalue weighted by atomic mass is 10.2. The van der Waals surface area contributed by atoms with Crippen molar-refractivity contribution in [2.75, 3.05) is 0 Å². The van der Waals surface area contributed by atoms with Gasteiger partial charge in [0.05, 0.1) is 4.47 Å². The van der Waals surface area contributed by atoms with Gasteiger partial charge in [0.2, 0.25) is 5.95 Å². The maximum absolute atomic E-state index is 13.1. The van der Waals surface area contributed by atoms with Crippen LogP contribution in [0.15, 0.2) is 10.5 Å². The fourth-order valence-electron chi connectivity index (χ4n) is 1.23. The van der Waals surface area contributed by atoms with Gasteiger partial charge in [0.15, 0.2) is 0 Å². The highest BCUT2D eigenvalue weighted by atomic mass is 79.9. The first-order valence-electron chi connectivity index (χ1n) is 4.01. The predicted molar refractivity (Wildman–Crippen MR) is 48.6 cm³/mol. The second-order valence-corrected chi connectivity index (χ2v) is 4.04. The zero-order valence-electron chi connectivity index (χ0n) is 6.77. The molecule has 1 aromatic heterocycles. The smallest absolute Gasteiger partial charge is 0.224 e. The van der Waals surface area contributed by atoms with E-state index in [9.17, 15) is 4.39 Å². The minimum Gasteiger partial charge on any atom is -0.224 e. The molecule has 0 atom stereocenters. The molecule has 0 aliphatic heterocycles. The lowest BCUT2D eigenvalue weighted by Gasteiger charge is -2.02. The second-order valence-electron chi connectivity index (χ2n) is 3.24. The summed E-state index contributed by atoms with van der Waals surface area (Å²) in [5, 5.41) is 0. The van der Waals surface area contributed by atoms with Crippen molar-refractivity contribution in [3.05, 3.63) is 27.7 Å². The van der Waals surface area contributed by atoms with Crippen LogP contribution in [-0.2, 0) is 0 Å². The molecular formula is C9H9BrFN. The Labute approximate surface area is 79.1 Å². The Hall–Kier alpha value is -0.440. The minimum absolute atomic E-state index is 0.378. The van der Waals surface area contributed by atoms with Crippen LogP contribution in [0.2, 0.25) is 0 Å². The molecule has 12 heavy (non-hydrogen) atoms. The quantitative estimate of drug-likeness (QED) is 0.675. The van der Waals surface area contributed by atoms with E-state index in [2.05, 4.69) is 20.9 Å². The second kappa shape index (κ2) is 2.80. The molecule has 0 radical (unpaired) electrons. The van der Waals surface area contributed by atoms with Crippen molar-refractivity contribution in [1.29, 1.82) is 0 Å². The number of hydrogen-bond acceptors (Lipinski definition) is 1. The molecule has 0 aromatic carbocycles. The lowest BCUT2D eigenvalue weighted by Crippen LogP contribution is -1.94. The summed E-state index contributed by atoms with van der Waals surface area (Å²) in [6, 6.07) is 1.96. The first-order chi connectivity index (χ1) is 5.68. The molecule has 1 nitrogen and oxygen atoms in total. The van der Waals surface area contributed by atoms with E-state index in [1.165, 1.54) is 0 Å². The predicted octanol–water partition coefficient (Wildman–Crippen LogP) is 3.17. The van der Waals surface area contributed by atoms with Gasteiger partial charge in [0, 0.05) is 11.6 Å². The molecule has 64 valence electrons. The average Bonchev–Trinajstić information content (AvgIpc) is 2.81. The molecule has 0 amide bonds. The molecule has 0 bridgehead atoms. The van der Waals surface area contributed by atoms with Gasteiger partial charge in [-0.1, -0.05) is 0 Å². The number of pyridine rings is 1. The van der Waals surface area contributed by atoms with E-state index in [4.69, 9.17) is 0 Å². The fourth-order valence-corrected chi connectivity index (χ4v) is 1.43. The maximum atomic E-state index is 13.1. The van der Waals surface area contributed by atoms with Gasteiger partial charge in [-0.15, -0.1) is 0 Å². The first kappa shape index (κ1) is 8.17. The Kier molecular flexibility index (Phi) is 1.91. The zero-order valence-corrected chi connectivity index (χ0v) is 8.36. The third-order valence-corrected chi connectivity index (χ3v) is 3.07. The van der Waals surface area contributed by atoms with E-state index in [-0.39, 0.29) is 5.95 Å². The molecule has 1 aliphatic carbocycles. The van der Waals surface area contributed by atoms with Crippen LogP contribution in [0.1, 0.15) is 30.0 Å². The van der Waals surface area contributed by atoms with Crippen molar-refractivity contribution < 1.29 is 4.39 Å². The van der Waals surface area contributed by atoms with Gasteiger partial charge in [-0.3, -0.25) is 0 Å². The van der Waals surface area contributed by atoms with Gasteiger partial charge >= 0.3 is 0 Å². The Morgan fingerprint density at radius 1 is 1.58 bits per heavy atom. The largest absolute Gasteiger partial charge is 0.227 e. The lowest BCUT2D eigenvalue weighted by molar-refractivity contribution is 0.568. The molecule has 3 heteroatoms. The molecule has 1 heterocycles. The molecule has 2 rings (SSSR count). The topological polar surface area (TPSA) is 12.9 Å². The monoisotopic (exact) mass is 229 g/mol. The van der Waals surface area contributed by atoms with E-state index >= 15 is 0 Å². The highest BCUT2D eigenvalue weighted by Gasteiger charge is 2.26. The van der Waals surface area contributed by atoms with Gasteiger partial charge in [0.25, 0.3) is 0 Å². The molecular weight excluding hydrogens is 221 g/mol. The van der Waals surface area contributed by atoms with Crippen molar-refractivity contribution >= 4 is 15.9 Å². The molecule has 1 aliphatic rings. The zero-order chi connectivity index (χ0) is 8.72. The van der Waals surface area contributed by atoms with E-state index in [1.807, 2.05) is 13.0 Å². The molecule has 1 fully saturated rings. The summed E-state index contributed by atoms with van der Waals surface area (Å²) >= 11 is 3.15. The Balaban J connectivity index is 2.45. The first-order valence-corrected chi connectivity index (χ1v) is 4.80. The standard InChI is InChI=1S/C9H9BrFN/c1-5-4-7(6-2-3-6)12-9(11)8(5)10/h4,6H,2-3H2,1H3. The van der Waals surface area contributed by atoms with E-state index < -0.39 is 0 Å². The third-order valence-electron chi connectivity index (χ3n) is 2.11. The molecule has 1 saturated carbocycles. The average molecular weight is 230 g/mol. The summed E-state index contributed by atoms with van der Waals surface area (Å²) in [6.45, 7) is 1.89. The number of aryl methyl sites for hydroxylation is 1. The Morgan fingerprint density at radius 2 is 2.25 bits per heavy atom. The normalized spacial score (nSPS) is 16.6. The molecule has 0 unspecified atom stereocenters. The van der Waals surface area contributed by atoms with Crippen LogP contribution >= 0.6 is 15.9 Å². The van der Waals surface area contributed by atoms with Crippen molar-refractivity contribution in [2.24, 2.45) is 0 Å². The fraction of sp³-hybridized carbons (Fsp3) is 0.444. The number of halogens is 2. The van der Waals surface area contributed by atoms with E-state index in [1.54, 1.807) is 0 Å². The van der Waals surface area contributed by atoms with Crippen molar-refractivity contribution in [2.45, 2.75) is 25.7 Å². The van der Waals surface area contributed by atoms with Gasteiger partial charge in [-0.25, -0.2) is 4.98 Å². The summed E-state index contributed by atoms with van der Waals surface area (Å²) in [7, 11) is 0. The molecule has 0 saturated heterocycles. The van der Waals surface area contributed by atoms with Crippen LogP contribution in [0, 0.1) is 12.9 Å². The van der Waals surface area contributed by atoms with Gasteiger partial charge in [0.1, 0.15) is 0 Å². The van der Waals surface area contributed by atoms with Crippen LogP contribution in [0.4, 0.5) is 4.39 Å². The van der Waals surface area contributed by atoms with Crippen LogP contribution in [0.5, 0.6) is 0 Å². The van der Waals surface area contributed by atoms with Gasteiger partial charge in [-0.2, -0.15) is 4.39 Å². The summed E-state index contributed by atoms with van der Waals surface area (Å²) in [6.07, 6.45) is 2.32. The Bertz CT molecular complexity index is 297. The minimum atomic E-state index is -0.378. The number of aromatic nitrogens is 1. The number of nitrogens with zero attached hydrogens (tertiary/aromatic N) is 1. The number of hydrogen-bond donors (Lipinski definition) is 0. The summed E-state index contributed by atoms with van der Waals surface area (Å²) in [5.74, 6) is 0.142. The number of rotatable bonds is 1. The molecule has 0 spiro atoms. The van der Waals surface area contributed by atoms with Crippen LogP contribution in [0.3, 0.4) is 0 Å². The van der Waals surface area contributed by atoms with E-state index in [0.717, 1.165) is 24.1 Å². The maximum Gasteiger partial charge on any atom is 0.227 e. The summed E-state index contributed by atoms with van der Waals surface area (Å²) < 4.78 is 13.6. The van der Waals surface area contributed by atoms with Gasteiger partial charge in [-0.05, 0) is 47.3 Å². The van der Waals surface area contributed by atoms with Crippen LogP contribution < -0.4 is 0 Å². The van der Waals surface area contributed by atoms with Crippen molar-refractivity contribution in [3.8, 4) is 0 Å². The molecule has 1 aromatic rings. The molecule has 0 N–H and O–H groups in total. The SMILES string of the molecule is Cc1cc(C2CC2)nc(F)c1Br. The summed E-state index contributed by atoms with van der Waals surface area (Å²) in [4.78, 5) is 3.88. The van der Waals surface area contributed by atoms with Crippen LogP contribution in [-0.4, -0.2) is 4.98 Å². The van der Waals surface area contributed by atoms with Gasteiger partial charge < -0.3 is 0 Å². The van der Waals surface area contributed by atoms with Crippen molar-refractivity contribution in [3.63, 3.8) is 0 Å².